The van der Waals surface area contributed by atoms with E-state index in [1.165, 1.54) is 0 Å². The van der Waals surface area contributed by atoms with Gasteiger partial charge in [0.15, 0.2) is 15.7 Å². The molecule has 0 radical (unpaired) electrons. The number of aromatic nitrogens is 4. The van der Waals surface area contributed by atoms with Crippen LogP contribution in [-0.4, -0.2) is 39.3 Å². The van der Waals surface area contributed by atoms with Crippen LogP contribution in [0.25, 0.3) is 5.82 Å². The maximum absolute atomic E-state index is 12.5. The van der Waals surface area contributed by atoms with Crippen molar-refractivity contribution in [2.75, 3.05) is 10.6 Å². The van der Waals surface area contributed by atoms with Crippen LogP contribution in [0.1, 0.15) is 25.2 Å². The van der Waals surface area contributed by atoms with Gasteiger partial charge in [0.05, 0.1) is 16.6 Å². The molecule has 2 N–H and O–H groups in total. The van der Waals surface area contributed by atoms with E-state index >= 15 is 0 Å². The highest BCUT2D eigenvalue weighted by Crippen LogP contribution is 2.20. The summed E-state index contributed by atoms with van der Waals surface area (Å²) in [5.41, 5.74) is 2.18. The number of anilines is 3. The van der Waals surface area contributed by atoms with Crippen LogP contribution in [0.5, 0.6) is 0 Å². The third-order valence-corrected chi connectivity index (χ3v) is 7.41. The number of carbonyl (C=O) groups excluding carboxylic acids is 1. The van der Waals surface area contributed by atoms with Crippen LogP contribution < -0.4 is 10.6 Å². The van der Waals surface area contributed by atoms with Crippen molar-refractivity contribution in [2.45, 2.75) is 37.3 Å². The molecule has 1 amide bonds. The zero-order valence-corrected chi connectivity index (χ0v) is 20.5. The normalized spacial score (nSPS) is 11.4. The maximum Gasteiger partial charge on any atom is 0.228 e. The van der Waals surface area contributed by atoms with Gasteiger partial charge in [-0.25, -0.2) is 23.1 Å². The number of nitrogens with one attached hydrogen (secondary N) is 2. The van der Waals surface area contributed by atoms with Crippen molar-refractivity contribution in [3.05, 3.63) is 84.4 Å². The zero-order valence-electron chi connectivity index (χ0n) is 19.6. The number of aryl methyl sites for hydroxylation is 1. The van der Waals surface area contributed by atoms with Crippen molar-refractivity contribution < 1.29 is 13.2 Å². The van der Waals surface area contributed by atoms with Gasteiger partial charge in [-0.1, -0.05) is 12.1 Å². The third-order valence-electron chi connectivity index (χ3n) is 5.24. The molecule has 4 aromatic rings. The van der Waals surface area contributed by atoms with Crippen molar-refractivity contribution >= 4 is 32.9 Å². The van der Waals surface area contributed by atoms with E-state index in [1.54, 1.807) is 67.2 Å². The van der Waals surface area contributed by atoms with Gasteiger partial charge in [-0.05, 0) is 68.8 Å². The predicted octanol–water partition coefficient (Wildman–Crippen LogP) is 4.08. The van der Waals surface area contributed by atoms with Crippen LogP contribution in [-0.2, 0) is 21.1 Å². The minimum atomic E-state index is -3.33. The molecule has 0 bridgehead atoms. The SMILES string of the molecule is Cc1nc(Nc2ccc(NC(=O)Cc3ccc(S(=O)(=O)C(C)C)cc3)cc2)cc(-n2cccn2)n1. The Labute approximate surface area is 204 Å². The quantitative estimate of drug-likeness (QED) is 0.382. The molecule has 9 nitrogen and oxygen atoms in total. The minimum absolute atomic E-state index is 0.137. The van der Waals surface area contributed by atoms with E-state index in [0.29, 0.717) is 23.1 Å². The summed E-state index contributed by atoms with van der Waals surface area (Å²) in [4.78, 5) is 21.5. The first-order chi connectivity index (χ1) is 16.7. The van der Waals surface area contributed by atoms with Crippen LogP contribution in [0.4, 0.5) is 17.2 Å². The van der Waals surface area contributed by atoms with Gasteiger partial charge in [0.25, 0.3) is 0 Å². The van der Waals surface area contributed by atoms with E-state index in [0.717, 1.165) is 11.3 Å². The average Bonchev–Trinajstić information content (AvgIpc) is 3.35. The van der Waals surface area contributed by atoms with Crippen LogP contribution in [0.2, 0.25) is 0 Å². The van der Waals surface area contributed by atoms with Crippen molar-refractivity contribution in [1.29, 1.82) is 0 Å². The van der Waals surface area contributed by atoms with Gasteiger partial charge in [-0.2, -0.15) is 5.10 Å². The van der Waals surface area contributed by atoms with Crippen LogP contribution in [0.3, 0.4) is 0 Å². The summed E-state index contributed by atoms with van der Waals surface area (Å²) in [6.07, 6.45) is 3.63. The lowest BCUT2D eigenvalue weighted by Gasteiger charge is -2.11. The van der Waals surface area contributed by atoms with Crippen LogP contribution in [0.15, 0.2) is 78.0 Å². The summed E-state index contributed by atoms with van der Waals surface area (Å²) in [5.74, 6) is 1.70. The zero-order chi connectivity index (χ0) is 25.0. The molecule has 2 aromatic carbocycles. The Hall–Kier alpha value is -4.05. The molecular formula is C25H26N6O3S. The molecule has 0 spiro atoms. The highest BCUT2D eigenvalue weighted by molar-refractivity contribution is 7.92. The number of benzene rings is 2. The predicted molar refractivity (Wildman–Crippen MR) is 135 cm³/mol. The van der Waals surface area contributed by atoms with E-state index in [-0.39, 0.29) is 17.2 Å². The second-order valence-corrected chi connectivity index (χ2v) is 10.8. The number of nitrogens with zero attached hydrogens (tertiary/aromatic N) is 4. The van der Waals surface area contributed by atoms with Crippen molar-refractivity contribution in [2.24, 2.45) is 0 Å². The Kier molecular flexibility index (Phi) is 6.92. The molecule has 0 unspecified atom stereocenters. The van der Waals surface area contributed by atoms with E-state index in [1.807, 2.05) is 31.3 Å². The molecule has 0 atom stereocenters. The smallest absolute Gasteiger partial charge is 0.228 e. The van der Waals surface area contributed by atoms with Gasteiger partial charge in [0.2, 0.25) is 5.91 Å². The van der Waals surface area contributed by atoms with Crippen molar-refractivity contribution in [3.63, 3.8) is 0 Å². The number of carbonyl (C=O) groups is 1. The van der Waals surface area contributed by atoms with Gasteiger partial charge >= 0.3 is 0 Å². The summed E-state index contributed by atoms with van der Waals surface area (Å²) in [7, 11) is -3.33. The molecule has 0 saturated carbocycles. The standard InChI is InChI=1S/C25H26N6O3S/c1-17(2)35(33,34)22-11-5-19(6-12-22)15-25(32)30-21-9-7-20(8-10-21)29-23-16-24(28-18(3)27-23)31-14-4-13-26-31/h4-14,16-17H,15H2,1-3H3,(H,30,32)(H,27,28,29). The minimum Gasteiger partial charge on any atom is -0.340 e. The molecule has 2 heterocycles. The molecule has 0 aliphatic rings. The first kappa shape index (κ1) is 24.1. The largest absolute Gasteiger partial charge is 0.340 e. The molecule has 4 rings (SSSR count). The summed E-state index contributed by atoms with van der Waals surface area (Å²) < 4.78 is 26.1. The number of amides is 1. The van der Waals surface area contributed by atoms with Crippen molar-refractivity contribution in [1.82, 2.24) is 19.7 Å². The topological polar surface area (TPSA) is 119 Å². The molecule has 0 aliphatic heterocycles. The fourth-order valence-electron chi connectivity index (χ4n) is 3.38. The van der Waals surface area contributed by atoms with Crippen LogP contribution >= 0.6 is 0 Å². The van der Waals surface area contributed by atoms with Crippen molar-refractivity contribution in [3.8, 4) is 5.82 Å². The molecule has 35 heavy (non-hydrogen) atoms. The molecule has 0 aliphatic carbocycles. The monoisotopic (exact) mass is 490 g/mol. The summed E-state index contributed by atoms with van der Waals surface area (Å²) in [6, 6.07) is 17.3. The van der Waals surface area contributed by atoms with Gasteiger partial charge in [0, 0.05) is 29.8 Å². The molecule has 0 fully saturated rings. The van der Waals surface area contributed by atoms with Gasteiger partial charge < -0.3 is 10.6 Å². The molecule has 0 saturated heterocycles. The summed E-state index contributed by atoms with van der Waals surface area (Å²) in [5, 5.41) is 9.80. The lowest BCUT2D eigenvalue weighted by atomic mass is 10.1. The third kappa shape index (κ3) is 5.90. The Bertz CT molecular complexity index is 1420. The molecule has 180 valence electrons. The molecular weight excluding hydrogens is 464 g/mol. The number of rotatable bonds is 8. The Morgan fingerprint density at radius 1 is 1.00 bits per heavy atom. The van der Waals surface area contributed by atoms with Gasteiger partial charge in [-0.3, -0.25) is 4.79 Å². The number of hydrogen-bond acceptors (Lipinski definition) is 7. The van der Waals surface area contributed by atoms with Crippen LogP contribution in [0, 0.1) is 6.92 Å². The molecule has 10 heteroatoms. The first-order valence-electron chi connectivity index (χ1n) is 11.1. The lowest BCUT2D eigenvalue weighted by Crippen LogP contribution is -2.15. The fraction of sp³-hybridized carbons (Fsp3) is 0.200. The average molecular weight is 491 g/mol. The Morgan fingerprint density at radius 3 is 2.31 bits per heavy atom. The number of hydrogen-bond donors (Lipinski definition) is 2. The summed E-state index contributed by atoms with van der Waals surface area (Å²) in [6.45, 7) is 5.10. The second kappa shape index (κ2) is 10.1. The Balaban J connectivity index is 1.37. The second-order valence-electron chi connectivity index (χ2n) is 8.27. The number of sulfone groups is 1. The van der Waals surface area contributed by atoms with Gasteiger partial charge in [-0.15, -0.1) is 0 Å². The lowest BCUT2D eigenvalue weighted by molar-refractivity contribution is -0.115. The van der Waals surface area contributed by atoms with E-state index < -0.39 is 15.1 Å². The maximum atomic E-state index is 12.5. The van der Waals surface area contributed by atoms with E-state index in [9.17, 15) is 13.2 Å². The highest BCUT2D eigenvalue weighted by Gasteiger charge is 2.18. The highest BCUT2D eigenvalue weighted by atomic mass is 32.2. The van der Waals surface area contributed by atoms with E-state index in [4.69, 9.17) is 0 Å². The van der Waals surface area contributed by atoms with Gasteiger partial charge in [0.1, 0.15) is 11.6 Å². The Morgan fingerprint density at radius 2 is 1.69 bits per heavy atom. The summed E-state index contributed by atoms with van der Waals surface area (Å²) >= 11 is 0. The van der Waals surface area contributed by atoms with E-state index in [2.05, 4.69) is 25.7 Å². The first-order valence-corrected chi connectivity index (χ1v) is 12.6. The fourth-order valence-corrected chi connectivity index (χ4v) is 4.44. The molecule has 2 aromatic heterocycles.